The van der Waals surface area contributed by atoms with Gasteiger partial charge in [0, 0.05) is 13.1 Å². The van der Waals surface area contributed by atoms with Crippen molar-refractivity contribution in [2.75, 3.05) is 7.05 Å². The number of rotatable bonds is 0. The van der Waals surface area contributed by atoms with Gasteiger partial charge in [-0.2, -0.15) is 0 Å². The lowest BCUT2D eigenvalue weighted by molar-refractivity contribution is -0.138. The summed E-state index contributed by atoms with van der Waals surface area (Å²) in [6.45, 7) is 0. The van der Waals surface area contributed by atoms with Crippen molar-refractivity contribution in [3.05, 3.63) is 0 Å². The summed E-state index contributed by atoms with van der Waals surface area (Å²) in [6, 6.07) is 0.101. The van der Waals surface area contributed by atoms with Crippen molar-refractivity contribution in [1.29, 1.82) is 0 Å². The fraction of sp³-hybridized carbons (Fsp3) is 0.778. The number of likely N-dealkylation sites (tertiary alicyclic amines) is 1. The van der Waals surface area contributed by atoms with Gasteiger partial charge in [0.05, 0.1) is 11.8 Å². The molecule has 0 unspecified atom stereocenters. The molecule has 1 saturated heterocycles. The van der Waals surface area contributed by atoms with E-state index >= 15 is 0 Å². The monoisotopic (exact) mass is 182 g/mol. The first-order valence-electron chi connectivity index (χ1n) is 4.68. The highest BCUT2D eigenvalue weighted by molar-refractivity contribution is 6.04. The minimum atomic E-state index is -0.124. The second kappa shape index (κ2) is 2.80. The van der Waals surface area contributed by atoms with E-state index in [4.69, 9.17) is 5.73 Å². The van der Waals surface area contributed by atoms with E-state index in [1.54, 1.807) is 7.05 Å². The van der Waals surface area contributed by atoms with Crippen molar-refractivity contribution in [1.82, 2.24) is 4.90 Å². The molecule has 1 saturated carbocycles. The van der Waals surface area contributed by atoms with Gasteiger partial charge in [-0.05, 0) is 19.3 Å². The Morgan fingerprint density at radius 1 is 1.23 bits per heavy atom. The van der Waals surface area contributed by atoms with Gasteiger partial charge in [-0.1, -0.05) is 0 Å². The number of carbonyl (C=O) groups is 2. The second-order valence-corrected chi connectivity index (χ2v) is 4.02. The van der Waals surface area contributed by atoms with Gasteiger partial charge in [0.1, 0.15) is 0 Å². The molecule has 2 rings (SSSR count). The lowest BCUT2D eigenvalue weighted by Gasteiger charge is -2.25. The Bertz CT molecular complexity index is 264. The Labute approximate surface area is 77.1 Å². The zero-order chi connectivity index (χ0) is 9.59. The molecule has 1 aliphatic heterocycles. The van der Waals surface area contributed by atoms with Gasteiger partial charge in [-0.25, -0.2) is 0 Å². The molecule has 2 amide bonds. The minimum Gasteiger partial charge on any atom is -0.328 e. The van der Waals surface area contributed by atoms with E-state index in [-0.39, 0.29) is 29.7 Å². The Morgan fingerprint density at radius 3 is 2.54 bits per heavy atom. The van der Waals surface area contributed by atoms with Crippen molar-refractivity contribution in [2.24, 2.45) is 17.6 Å². The molecular formula is C9H14N2O2. The number of amides is 2. The van der Waals surface area contributed by atoms with E-state index in [9.17, 15) is 9.59 Å². The van der Waals surface area contributed by atoms with E-state index in [1.807, 2.05) is 0 Å². The van der Waals surface area contributed by atoms with Crippen LogP contribution < -0.4 is 5.73 Å². The van der Waals surface area contributed by atoms with Crippen LogP contribution >= 0.6 is 0 Å². The first-order chi connectivity index (χ1) is 6.11. The van der Waals surface area contributed by atoms with Crippen LogP contribution in [0.5, 0.6) is 0 Å². The number of nitrogens with two attached hydrogens (primary N) is 1. The molecule has 0 spiro atoms. The van der Waals surface area contributed by atoms with E-state index in [1.165, 1.54) is 4.90 Å². The number of hydrogen-bond acceptors (Lipinski definition) is 3. The normalized spacial score (nSPS) is 39.5. The third-order valence-corrected chi connectivity index (χ3v) is 3.19. The Balaban J connectivity index is 2.22. The van der Waals surface area contributed by atoms with Crippen LogP contribution in [0.4, 0.5) is 0 Å². The summed E-state index contributed by atoms with van der Waals surface area (Å²) < 4.78 is 0. The summed E-state index contributed by atoms with van der Waals surface area (Å²) in [5, 5.41) is 0. The molecule has 3 atom stereocenters. The van der Waals surface area contributed by atoms with Gasteiger partial charge in [0.25, 0.3) is 0 Å². The first kappa shape index (κ1) is 8.69. The van der Waals surface area contributed by atoms with Crippen molar-refractivity contribution in [2.45, 2.75) is 25.3 Å². The molecule has 1 aliphatic carbocycles. The average molecular weight is 182 g/mol. The molecular weight excluding hydrogens is 168 g/mol. The van der Waals surface area contributed by atoms with Crippen LogP contribution in [0.1, 0.15) is 19.3 Å². The van der Waals surface area contributed by atoms with Crippen molar-refractivity contribution < 1.29 is 9.59 Å². The second-order valence-electron chi connectivity index (χ2n) is 4.02. The van der Waals surface area contributed by atoms with Crippen LogP contribution in [0.3, 0.4) is 0 Å². The molecule has 1 heterocycles. The topological polar surface area (TPSA) is 63.4 Å². The fourth-order valence-corrected chi connectivity index (χ4v) is 2.38. The summed E-state index contributed by atoms with van der Waals surface area (Å²) >= 11 is 0. The Morgan fingerprint density at radius 2 is 1.85 bits per heavy atom. The Kier molecular flexibility index (Phi) is 1.87. The van der Waals surface area contributed by atoms with Crippen LogP contribution in [-0.4, -0.2) is 29.8 Å². The molecule has 0 aromatic carbocycles. The quantitative estimate of drug-likeness (QED) is 0.524. The van der Waals surface area contributed by atoms with Crippen LogP contribution in [0.2, 0.25) is 0 Å². The maximum absolute atomic E-state index is 11.5. The smallest absolute Gasteiger partial charge is 0.232 e. The third-order valence-electron chi connectivity index (χ3n) is 3.19. The van der Waals surface area contributed by atoms with Gasteiger partial charge in [0.2, 0.25) is 11.8 Å². The Hall–Kier alpha value is -0.900. The largest absolute Gasteiger partial charge is 0.328 e. The molecule has 2 aliphatic rings. The molecule has 2 fully saturated rings. The highest BCUT2D eigenvalue weighted by atomic mass is 16.2. The molecule has 0 aromatic heterocycles. The number of nitrogens with zero attached hydrogens (tertiary/aromatic N) is 1. The zero-order valence-electron chi connectivity index (χ0n) is 7.69. The average Bonchev–Trinajstić information content (AvgIpc) is 2.32. The highest BCUT2D eigenvalue weighted by Gasteiger charge is 2.47. The van der Waals surface area contributed by atoms with Crippen LogP contribution in [0.15, 0.2) is 0 Å². The third kappa shape index (κ3) is 1.16. The lowest BCUT2D eigenvalue weighted by Crippen LogP contribution is -2.34. The highest BCUT2D eigenvalue weighted by Crippen LogP contribution is 2.36. The van der Waals surface area contributed by atoms with Gasteiger partial charge in [0.15, 0.2) is 0 Å². The maximum atomic E-state index is 11.5. The minimum absolute atomic E-state index is 0.0121. The lowest BCUT2D eigenvalue weighted by atomic mass is 9.79. The summed E-state index contributed by atoms with van der Waals surface area (Å²) in [7, 11) is 1.56. The summed E-state index contributed by atoms with van der Waals surface area (Å²) in [5.74, 6) is -0.245. The summed E-state index contributed by atoms with van der Waals surface area (Å²) in [4.78, 5) is 24.3. The van der Waals surface area contributed by atoms with Crippen molar-refractivity contribution in [3.63, 3.8) is 0 Å². The van der Waals surface area contributed by atoms with E-state index < -0.39 is 0 Å². The molecule has 4 nitrogen and oxygen atoms in total. The van der Waals surface area contributed by atoms with E-state index in [2.05, 4.69) is 0 Å². The molecule has 72 valence electrons. The first-order valence-corrected chi connectivity index (χ1v) is 4.68. The van der Waals surface area contributed by atoms with Gasteiger partial charge in [-0.15, -0.1) is 0 Å². The van der Waals surface area contributed by atoms with Crippen molar-refractivity contribution >= 4 is 11.8 Å². The van der Waals surface area contributed by atoms with E-state index in [0.29, 0.717) is 6.42 Å². The number of fused-ring (bicyclic) bond motifs is 1. The standard InChI is InChI=1S/C9H14N2O2/c1-11-8(12)6-3-2-5(10)4-7(6)9(11)13/h5-7H,2-4,10H2,1H3/t5-,6+,7+/m1/s1. The number of hydrogen-bond donors (Lipinski definition) is 1. The zero-order valence-corrected chi connectivity index (χ0v) is 7.69. The predicted octanol–water partition coefficient (Wildman–Crippen LogP) is -0.271. The van der Waals surface area contributed by atoms with E-state index in [0.717, 1.165) is 12.8 Å². The SMILES string of the molecule is CN1C(=O)[C@H]2CC[C@@H](N)C[C@@H]2C1=O. The van der Waals surface area contributed by atoms with Gasteiger partial charge < -0.3 is 5.73 Å². The van der Waals surface area contributed by atoms with Crippen LogP contribution in [0.25, 0.3) is 0 Å². The van der Waals surface area contributed by atoms with Gasteiger partial charge in [-0.3, -0.25) is 14.5 Å². The molecule has 13 heavy (non-hydrogen) atoms. The number of imide groups is 1. The molecule has 0 radical (unpaired) electrons. The maximum Gasteiger partial charge on any atom is 0.232 e. The van der Waals surface area contributed by atoms with Gasteiger partial charge >= 0.3 is 0 Å². The summed E-state index contributed by atoms with van der Waals surface area (Å²) in [5.41, 5.74) is 5.76. The predicted molar refractivity (Wildman–Crippen MR) is 46.6 cm³/mol. The molecule has 0 aromatic rings. The summed E-state index contributed by atoms with van der Waals surface area (Å²) in [6.07, 6.45) is 2.33. The van der Waals surface area contributed by atoms with Crippen molar-refractivity contribution in [3.8, 4) is 0 Å². The van der Waals surface area contributed by atoms with Crippen LogP contribution in [-0.2, 0) is 9.59 Å². The number of carbonyl (C=O) groups excluding carboxylic acids is 2. The van der Waals surface area contributed by atoms with Crippen LogP contribution in [0, 0.1) is 11.8 Å². The molecule has 2 N–H and O–H groups in total. The fourth-order valence-electron chi connectivity index (χ4n) is 2.38. The molecule has 0 bridgehead atoms. The molecule has 4 heteroatoms.